The molecule has 0 heterocycles. The van der Waals surface area contributed by atoms with E-state index < -0.39 is 0 Å². The van der Waals surface area contributed by atoms with Gasteiger partial charge in [0.2, 0.25) is 5.91 Å². The molecule has 0 unspecified atom stereocenters. The molecule has 0 saturated carbocycles. The Kier molecular flexibility index (Phi) is 7.70. The summed E-state index contributed by atoms with van der Waals surface area (Å²) in [5.41, 5.74) is 4.27. The number of aryl methyl sites for hydroxylation is 2. The molecule has 0 radical (unpaired) electrons. The van der Waals surface area contributed by atoms with Gasteiger partial charge in [-0.15, -0.1) is 0 Å². The molecule has 0 aromatic heterocycles. The van der Waals surface area contributed by atoms with Crippen LogP contribution in [0.15, 0.2) is 30.3 Å². The summed E-state index contributed by atoms with van der Waals surface area (Å²) in [5.74, 6) is 1.80. The van der Waals surface area contributed by atoms with Gasteiger partial charge in [0, 0.05) is 18.2 Å². The van der Waals surface area contributed by atoms with Gasteiger partial charge in [0.1, 0.15) is 36.9 Å². The SMILES string of the molecule is COc1ccc(CNC(=O)CC#N)c(OCCOc2cc(C)cc(C)c2C)c1. The quantitative estimate of drug-likeness (QED) is 0.670. The van der Waals surface area contributed by atoms with Crippen molar-refractivity contribution in [1.82, 2.24) is 5.32 Å². The Bertz CT molecular complexity index is 872. The van der Waals surface area contributed by atoms with E-state index in [1.807, 2.05) is 32.0 Å². The molecule has 0 aliphatic heterocycles. The summed E-state index contributed by atoms with van der Waals surface area (Å²) in [7, 11) is 1.58. The second kappa shape index (κ2) is 10.2. The predicted molar refractivity (Wildman–Crippen MR) is 107 cm³/mol. The van der Waals surface area contributed by atoms with Crippen LogP contribution in [0.1, 0.15) is 28.7 Å². The molecule has 148 valence electrons. The van der Waals surface area contributed by atoms with Crippen molar-refractivity contribution in [2.45, 2.75) is 33.7 Å². The zero-order chi connectivity index (χ0) is 20.5. The van der Waals surface area contributed by atoms with E-state index in [1.165, 1.54) is 5.56 Å². The van der Waals surface area contributed by atoms with Gasteiger partial charge in [0.05, 0.1) is 13.2 Å². The molecule has 0 atom stereocenters. The van der Waals surface area contributed by atoms with Gasteiger partial charge in [-0.05, 0) is 55.7 Å². The van der Waals surface area contributed by atoms with E-state index in [0.29, 0.717) is 24.7 Å². The summed E-state index contributed by atoms with van der Waals surface area (Å²) < 4.78 is 17.0. The number of methoxy groups -OCH3 is 1. The van der Waals surface area contributed by atoms with Gasteiger partial charge in [0.25, 0.3) is 0 Å². The van der Waals surface area contributed by atoms with Gasteiger partial charge in [-0.2, -0.15) is 5.26 Å². The molecule has 2 aromatic rings. The van der Waals surface area contributed by atoms with Crippen molar-refractivity contribution in [2.24, 2.45) is 0 Å². The average molecular weight is 382 g/mol. The molecule has 6 nitrogen and oxygen atoms in total. The van der Waals surface area contributed by atoms with Crippen molar-refractivity contribution in [2.75, 3.05) is 20.3 Å². The molecule has 0 aliphatic rings. The van der Waals surface area contributed by atoms with Crippen LogP contribution >= 0.6 is 0 Å². The highest BCUT2D eigenvalue weighted by molar-refractivity contribution is 5.78. The zero-order valence-electron chi connectivity index (χ0n) is 16.8. The largest absolute Gasteiger partial charge is 0.497 e. The standard InChI is InChI=1S/C22H26N2O4/c1-15-11-16(2)17(3)20(12-15)27-9-10-28-21-13-19(26-4)6-5-18(21)14-24-22(25)7-8-23/h5-6,11-13H,7,9-10,14H2,1-4H3,(H,24,25). The molecule has 1 N–H and O–H groups in total. The number of rotatable bonds is 9. The fraction of sp³-hybridized carbons (Fsp3) is 0.364. The van der Waals surface area contributed by atoms with Gasteiger partial charge >= 0.3 is 0 Å². The third kappa shape index (κ3) is 5.92. The Morgan fingerprint density at radius 2 is 1.79 bits per heavy atom. The van der Waals surface area contributed by atoms with E-state index in [-0.39, 0.29) is 18.9 Å². The lowest BCUT2D eigenvalue weighted by Crippen LogP contribution is -2.22. The maximum Gasteiger partial charge on any atom is 0.234 e. The van der Waals surface area contributed by atoms with Crippen LogP contribution in [-0.2, 0) is 11.3 Å². The Morgan fingerprint density at radius 3 is 2.46 bits per heavy atom. The number of ether oxygens (including phenoxy) is 3. The summed E-state index contributed by atoms with van der Waals surface area (Å²) in [4.78, 5) is 11.5. The molecule has 0 spiro atoms. The van der Waals surface area contributed by atoms with E-state index in [4.69, 9.17) is 19.5 Å². The summed E-state index contributed by atoms with van der Waals surface area (Å²) in [5, 5.41) is 11.3. The second-order valence-corrected chi connectivity index (χ2v) is 6.49. The maximum atomic E-state index is 11.5. The first-order valence-electron chi connectivity index (χ1n) is 9.08. The minimum absolute atomic E-state index is 0.171. The Labute approximate surface area is 166 Å². The number of benzene rings is 2. The van der Waals surface area contributed by atoms with Crippen molar-refractivity contribution in [3.8, 4) is 23.3 Å². The normalized spacial score (nSPS) is 10.1. The number of carbonyl (C=O) groups excluding carboxylic acids is 1. The molecule has 1 amide bonds. The van der Waals surface area contributed by atoms with E-state index in [9.17, 15) is 4.79 Å². The maximum absolute atomic E-state index is 11.5. The molecule has 2 rings (SSSR count). The van der Waals surface area contributed by atoms with Gasteiger partial charge in [-0.3, -0.25) is 4.79 Å². The highest BCUT2D eigenvalue weighted by atomic mass is 16.5. The van der Waals surface area contributed by atoms with Crippen LogP contribution in [0.4, 0.5) is 0 Å². The average Bonchev–Trinajstić information content (AvgIpc) is 2.67. The molecule has 2 aromatic carbocycles. The number of hydrogen-bond acceptors (Lipinski definition) is 5. The van der Waals surface area contributed by atoms with Crippen molar-refractivity contribution in [3.05, 3.63) is 52.6 Å². The Morgan fingerprint density at radius 1 is 1.07 bits per heavy atom. The van der Waals surface area contributed by atoms with Gasteiger partial charge in [-0.1, -0.05) is 6.07 Å². The minimum Gasteiger partial charge on any atom is -0.497 e. The summed E-state index contributed by atoms with van der Waals surface area (Å²) in [6.45, 7) is 7.15. The van der Waals surface area contributed by atoms with Crippen LogP contribution in [0.3, 0.4) is 0 Å². The van der Waals surface area contributed by atoms with Crippen molar-refractivity contribution < 1.29 is 19.0 Å². The lowest BCUT2D eigenvalue weighted by Gasteiger charge is -2.15. The molecule has 0 aliphatic carbocycles. The van der Waals surface area contributed by atoms with E-state index in [2.05, 4.69) is 18.3 Å². The number of amides is 1. The molecule has 0 bridgehead atoms. The van der Waals surface area contributed by atoms with Crippen molar-refractivity contribution in [1.29, 1.82) is 5.26 Å². The molecule has 28 heavy (non-hydrogen) atoms. The van der Waals surface area contributed by atoms with Crippen LogP contribution in [0.5, 0.6) is 17.2 Å². The second-order valence-electron chi connectivity index (χ2n) is 6.49. The predicted octanol–water partition coefficient (Wildman–Crippen LogP) is 3.61. The molecule has 6 heteroatoms. The fourth-order valence-electron chi connectivity index (χ4n) is 2.72. The van der Waals surface area contributed by atoms with Gasteiger partial charge in [0.15, 0.2) is 0 Å². The number of nitrogens with one attached hydrogen (secondary N) is 1. The number of hydrogen-bond donors (Lipinski definition) is 1. The van der Waals surface area contributed by atoms with Crippen LogP contribution in [-0.4, -0.2) is 26.2 Å². The van der Waals surface area contributed by atoms with Crippen LogP contribution < -0.4 is 19.5 Å². The minimum atomic E-state index is -0.321. The third-order valence-corrected chi connectivity index (χ3v) is 4.35. The zero-order valence-corrected chi connectivity index (χ0v) is 16.8. The van der Waals surface area contributed by atoms with Crippen LogP contribution in [0.2, 0.25) is 0 Å². The van der Waals surface area contributed by atoms with E-state index in [1.54, 1.807) is 19.2 Å². The number of carbonyl (C=O) groups is 1. The Hall–Kier alpha value is -3.20. The van der Waals surface area contributed by atoms with E-state index in [0.717, 1.165) is 22.4 Å². The number of nitriles is 1. The number of nitrogens with zero attached hydrogens (tertiary/aromatic N) is 1. The highest BCUT2D eigenvalue weighted by Crippen LogP contribution is 2.26. The van der Waals surface area contributed by atoms with Crippen LogP contribution in [0, 0.1) is 32.1 Å². The highest BCUT2D eigenvalue weighted by Gasteiger charge is 2.09. The molecular formula is C22H26N2O4. The Balaban J connectivity index is 1.98. The molecule has 0 fully saturated rings. The summed E-state index contributed by atoms with van der Waals surface area (Å²) in [6.07, 6.45) is -0.171. The smallest absolute Gasteiger partial charge is 0.234 e. The van der Waals surface area contributed by atoms with Crippen molar-refractivity contribution in [3.63, 3.8) is 0 Å². The summed E-state index contributed by atoms with van der Waals surface area (Å²) in [6, 6.07) is 11.4. The van der Waals surface area contributed by atoms with Crippen LogP contribution in [0.25, 0.3) is 0 Å². The van der Waals surface area contributed by atoms with Gasteiger partial charge < -0.3 is 19.5 Å². The van der Waals surface area contributed by atoms with Crippen molar-refractivity contribution >= 4 is 5.91 Å². The topological polar surface area (TPSA) is 80.6 Å². The fourth-order valence-corrected chi connectivity index (χ4v) is 2.72. The first-order valence-corrected chi connectivity index (χ1v) is 9.08. The lowest BCUT2D eigenvalue weighted by atomic mass is 10.1. The van der Waals surface area contributed by atoms with E-state index >= 15 is 0 Å². The summed E-state index contributed by atoms with van der Waals surface area (Å²) >= 11 is 0. The van der Waals surface area contributed by atoms with Gasteiger partial charge in [-0.25, -0.2) is 0 Å². The first kappa shape index (κ1) is 21.1. The lowest BCUT2D eigenvalue weighted by molar-refractivity contribution is -0.120. The third-order valence-electron chi connectivity index (χ3n) is 4.35. The molecule has 0 saturated heterocycles. The first-order chi connectivity index (χ1) is 13.4. The molecular weight excluding hydrogens is 356 g/mol. The monoisotopic (exact) mass is 382 g/mol.